The molecule has 3 aromatic rings. The van der Waals surface area contributed by atoms with Crippen LogP contribution in [0.4, 0.5) is 5.69 Å². The summed E-state index contributed by atoms with van der Waals surface area (Å²) in [5, 5.41) is 20.1. The van der Waals surface area contributed by atoms with E-state index in [2.05, 4.69) is 53.5 Å². The Labute approximate surface area is 211 Å². The number of nitriles is 2. The Hall–Kier alpha value is -4.41. The predicted octanol–water partition coefficient (Wildman–Crippen LogP) is 6.15. The van der Waals surface area contributed by atoms with Gasteiger partial charge < -0.3 is 4.90 Å². The second-order valence-electron chi connectivity index (χ2n) is 9.78. The van der Waals surface area contributed by atoms with Gasteiger partial charge in [0.2, 0.25) is 0 Å². The van der Waals surface area contributed by atoms with Crippen LogP contribution in [0.3, 0.4) is 0 Å². The quantitative estimate of drug-likeness (QED) is 0.422. The van der Waals surface area contributed by atoms with Gasteiger partial charge in [0.1, 0.15) is 17.7 Å². The van der Waals surface area contributed by atoms with Crippen LogP contribution in [-0.2, 0) is 4.79 Å². The van der Waals surface area contributed by atoms with Crippen LogP contribution in [0.15, 0.2) is 96.6 Å². The van der Waals surface area contributed by atoms with Gasteiger partial charge in [0, 0.05) is 23.4 Å². The van der Waals surface area contributed by atoms with E-state index in [4.69, 9.17) is 0 Å². The van der Waals surface area contributed by atoms with Crippen molar-refractivity contribution in [1.29, 1.82) is 10.5 Å². The second kappa shape index (κ2) is 8.99. The second-order valence-corrected chi connectivity index (χ2v) is 9.78. The molecular weight excluding hydrogens is 442 g/mol. The van der Waals surface area contributed by atoms with Gasteiger partial charge in [-0.05, 0) is 41.2 Å². The molecule has 2 aliphatic heterocycles. The molecule has 1 saturated heterocycles. The van der Waals surface area contributed by atoms with Crippen molar-refractivity contribution >= 4 is 23.1 Å². The first-order chi connectivity index (χ1) is 17.7. The van der Waals surface area contributed by atoms with Gasteiger partial charge in [0.25, 0.3) is 0 Å². The maximum atomic E-state index is 14.1. The van der Waals surface area contributed by atoms with E-state index in [0.717, 1.165) is 40.8 Å². The van der Waals surface area contributed by atoms with Crippen LogP contribution in [0.25, 0.3) is 11.6 Å². The van der Waals surface area contributed by atoms with Crippen molar-refractivity contribution in [2.75, 3.05) is 4.90 Å². The molecule has 0 radical (unpaired) electrons. The molecule has 0 amide bonds. The summed E-state index contributed by atoms with van der Waals surface area (Å²) in [7, 11) is 0. The van der Waals surface area contributed by atoms with Crippen LogP contribution < -0.4 is 4.90 Å². The van der Waals surface area contributed by atoms with Crippen molar-refractivity contribution in [3.05, 3.63) is 113 Å². The lowest BCUT2D eigenvalue weighted by molar-refractivity contribution is -0.121. The van der Waals surface area contributed by atoms with Crippen molar-refractivity contribution in [1.82, 2.24) is 0 Å². The number of nitrogens with zero attached hydrogens (tertiary/aromatic N) is 3. The summed E-state index contributed by atoms with van der Waals surface area (Å²) in [6.07, 6.45) is 6.15. The minimum atomic E-state index is -0.377. The molecule has 174 valence electrons. The molecule has 3 aliphatic rings. The fraction of sp³-hybridized carbons (Fsp3) is 0.219. The topological polar surface area (TPSA) is 67.9 Å². The van der Waals surface area contributed by atoms with E-state index < -0.39 is 0 Å². The third kappa shape index (κ3) is 3.55. The number of hydrogen-bond donors (Lipinski definition) is 0. The molecule has 4 nitrogen and oxygen atoms in total. The molecule has 6 rings (SSSR count). The number of hydrogen-bond acceptors (Lipinski definition) is 4. The van der Waals surface area contributed by atoms with E-state index in [-0.39, 0.29) is 41.2 Å². The number of allylic oxidation sites excluding steroid dienone is 1. The standard InChI is InChI=1S/C32H25N3O/c33-19-25(20-34)28(22-10-3-1-4-11-22)30-27-18-17-21-9-7-8-14-26(21)35(27)31(32(36)24-15-16-24)29(30)23-12-5-2-6-13-23/h1-14,17-18,24,27,29-31H,15-16H2/t27-,29+,30-,31-/m0/s1. The average molecular weight is 468 g/mol. The molecule has 0 spiro atoms. The molecule has 0 N–H and O–H groups in total. The number of carbonyl (C=O) groups is 1. The summed E-state index contributed by atoms with van der Waals surface area (Å²) >= 11 is 0. The fourth-order valence-electron chi connectivity index (χ4n) is 6.13. The largest absolute Gasteiger partial charge is 0.353 e. The predicted molar refractivity (Wildman–Crippen MR) is 141 cm³/mol. The number of benzene rings is 3. The van der Waals surface area contributed by atoms with Crippen molar-refractivity contribution in [3.63, 3.8) is 0 Å². The van der Waals surface area contributed by atoms with Crippen LogP contribution in [-0.4, -0.2) is 17.9 Å². The molecule has 3 aromatic carbocycles. The first-order valence-electron chi connectivity index (χ1n) is 12.5. The Bertz CT molecular complexity index is 1440. The highest BCUT2D eigenvalue weighted by molar-refractivity contribution is 5.96. The van der Waals surface area contributed by atoms with Crippen LogP contribution >= 0.6 is 0 Å². The average Bonchev–Trinajstić information content (AvgIpc) is 3.73. The Morgan fingerprint density at radius 3 is 2.14 bits per heavy atom. The normalized spacial score (nSPS) is 23.7. The first-order valence-corrected chi connectivity index (χ1v) is 12.5. The smallest absolute Gasteiger partial charge is 0.158 e. The summed E-state index contributed by atoms with van der Waals surface area (Å²) in [4.78, 5) is 16.3. The van der Waals surface area contributed by atoms with Crippen LogP contribution in [0.1, 0.15) is 35.4 Å². The highest BCUT2D eigenvalue weighted by atomic mass is 16.1. The Kier molecular flexibility index (Phi) is 5.51. The molecule has 0 aromatic heterocycles. The van der Waals surface area contributed by atoms with Crippen LogP contribution in [0.5, 0.6) is 0 Å². The van der Waals surface area contributed by atoms with E-state index >= 15 is 0 Å². The molecule has 2 heterocycles. The number of para-hydroxylation sites is 1. The molecule has 4 heteroatoms. The molecule has 1 aliphatic carbocycles. The van der Waals surface area contributed by atoms with E-state index in [1.165, 1.54) is 0 Å². The van der Waals surface area contributed by atoms with Gasteiger partial charge in [-0.3, -0.25) is 4.79 Å². The van der Waals surface area contributed by atoms with Gasteiger partial charge in [0.15, 0.2) is 5.78 Å². The Morgan fingerprint density at radius 2 is 1.47 bits per heavy atom. The molecular formula is C32H25N3O. The van der Waals surface area contributed by atoms with Crippen molar-refractivity contribution in [3.8, 4) is 12.1 Å². The summed E-state index contributed by atoms with van der Waals surface area (Å²) < 4.78 is 0. The zero-order valence-corrected chi connectivity index (χ0v) is 19.8. The lowest BCUT2D eigenvalue weighted by Gasteiger charge is -2.36. The number of carbonyl (C=O) groups excluding carboxylic acids is 1. The Balaban J connectivity index is 1.65. The van der Waals surface area contributed by atoms with Crippen molar-refractivity contribution in [2.45, 2.75) is 30.8 Å². The third-order valence-corrected chi connectivity index (χ3v) is 7.77. The summed E-state index contributed by atoms with van der Waals surface area (Å²) in [6, 6.07) is 31.9. The van der Waals surface area contributed by atoms with E-state index in [1.54, 1.807) is 0 Å². The lowest BCUT2D eigenvalue weighted by Crippen LogP contribution is -2.44. The lowest BCUT2D eigenvalue weighted by atomic mass is 9.73. The van der Waals surface area contributed by atoms with Gasteiger partial charge in [-0.2, -0.15) is 10.5 Å². The molecule has 0 unspecified atom stereocenters. The van der Waals surface area contributed by atoms with E-state index in [1.807, 2.05) is 60.7 Å². The number of Topliss-reactive ketones (excluding diaryl/α,β-unsaturated/α-hetero) is 1. The van der Waals surface area contributed by atoms with Crippen molar-refractivity contribution < 1.29 is 4.79 Å². The van der Waals surface area contributed by atoms with Gasteiger partial charge >= 0.3 is 0 Å². The maximum Gasteiger partial charge on any atom is 0.158 e. The van der Waals surface area contributed by atoms with Crippen molar-refractivity contribution in [2.24, 2.45) is 11.8 Å². The first kappa shape index (κ1) is 22.1. The van der Waals surface area contributed by atoms with Gasteiger partial charge in [-0.15, -0.1) is 0 Å². The zero-order chi connectivity index (χ0) is 24.6. The SMILES string of the molecule is N#CC(C#N)=C(c1ccccc1)[C@H]1[C@@H](c2ccccc2)[C@@H](C(=O)C2CC2)N2c3ccccc3C=C[C@@H]12. The minimum Gasteiger partial charge on any atom is -0.353 e. The number of anilines is 1. The number of fused-ring (bicyclic) bond motifs is 3. The summed E-state index contributed by atoms with van der Waals surface area (Å²) in [6.45, 7) is 0. The monoisotopic (exact) mass is 467 g/mol. The molecule has 2 fully saturated rings. The van der Waals surface area contributed by atoms with E-state index in [0.29, 0.717) is 0 Å². The highest BCUT2D eigenvalue weighted by Gasteiger charge is 2.56. The number of ketones is 1. The summed E-state index contributed by atoms with van der Waals surface area (Å²) in [5.74, 6) is -0.105. The van der Waals surface area contributed by atoms with Crippen LogP contribution in [0, 0.1) is 34.5 Å². The molecule has 0 bridgehead atoms. The molecule has 4 atom stereocenters. The highest BCUT2D eigenvalue weighted by Crippen LogP contribution is 2.55. The molecule has 1 saturated carbocycles. The third-order valence-electron chi connectivity index (χ3n) is 7.77. The van der Waals surface area contributed by atoms with Gasteiger partial charge in [-0.1, -0.05) is 91.0 Å². The minimum absolute atomic E-state index is 0.0780. The maximum absolute atomic E-state index is 14.1. The fourth-order valence-corrected chi connectivity index (χ4v) is 6.13. The van der Waals surface area contributed by atoms with Gasteiger partial charge in [0.05, 0.1) is 12.1 Å². The van der Waals surface area contributed by atoms with E-state index in [9.17, 15) is 15.3 Å². The number of rotatable bonds is 5. The van der Waals surface area contributed by atoms with Crippen LogP contribution in [0.2, 0.25) is 0 Å². The summed E-state index contributed by atoms with van der Waals surface area (Å²) in [5.41, 5.74) is 4.87. The zero-order valence-electron chi connectivity index (χ0n) is 19.8. The van der Waals surface area contributed by atoms with Gasteiger partial charge in [-0.25, -0.2) is 0 Å². The Morgan fingerprint density at radius 1 is 0.833 bits per heavy atom. The molecule has 36 heavy (non-hydrogen) atoms.